The lowest BCUT2D eigenvalue weighted by Crippen LogP contribution is -2.67. The van der Waals surface area contributed by atoms with Crippen LogP contribution in [0.3, 0.4) is 0 Å². The van der Waals surface area contributed by atoms with Crippen molar-refractivity contribution in [1.29, 1.82) is 0 Å². The Bertz CT molecular complexity index is 1440. The van der Waals surface area contributed by atoms with Crippen LogP contribution in [0.2, 0.25) is 0 Å². The number of carbonyl (C=O) groups excluding carboxylic acids is 2. The molecule has 0 spiro atoms. The fraction of sp³-hybridized carbons (Fsp3) is 0.321. The Morgan fingerprint density at radius 3 is 2.72 bits per heavy atom. The molecule has 2 aromatic carbocycles. The Morgan fingerprint density at radius 1 is 1.11 bits per heavy atom. The van der Waals surface area contributed by atoms with E-state index in [1.165, 1.54) is 0 Å². The fourth-order valence-corrected chi connectivity index (χ4v) is 5.95. The van der Waals surface area contributed by atoms with E-state index in [1.807, 2.05) is 54.1 Å². The number of nitrogens with one attached hydrogen (secondary N) is 1. The molecule has 8 heteroatoms. The number of hydrogen-bond acceptors (Lipinski definition) is 4. The van der Waals surface area contributed by atoms with Crippen LogP contribution in [0.5, 0.6) is 5.75 Å². The highest BCUT2D eigenvalue weighted by molar-refractivity contribution is 6.01. The molecule has 0 aliphatic carbocycles. The van der Waals surface area contributed by atoms with Gasteiger partial charge in [-0.15, -0.1) is 0 Å². The molecule has 36 heavy (non-hydrogen) atoms. The second-order valence-electron chi connectivity index (χ2n) is 9.71. The number of amides is 2. The second-order valence-corrected chi connectivity index (χ2v) is 9.71. The number of rotatable bonds is 6. The number of H-pyrrole nitrogens is 1. The molecule has 2 amide bonds. The highest BCUT2D eigenvalue weighted by Crippen LogP contribution is 2.49. The van der Waals surface area contributed by atoms with Gasteiger partial charge in [0.2, 0.25) is 5.91 Å². The summed E-state index contributed by atoms with van der Waals surface area (Å²) in [5.41, 5.74) is 2.73. The molecule has 2 unspecified atom stereocenters. The smallest absolute Gasteiger partial charge is 0.254 e. The first-order chi connectivity index (χ1) is 17.5. The lowest BCUT2D eigenvalue weighted by Gasteiger charge is -2.51. The molecule has 0 radical (unpaired) electrons. The summed E-state index contributed by atoms with van der Waals surface area (Å²) in [5, 5.41) is 1.07. The number of imidazole rings is 1. The van der Waals surface area contributed by atoms with Gasteiger partial charge in [0.1, 0.15) is 5.75 Å². The predicted octanol–water partition coefficient (Wildman–Crippen LogP) is 3.49. The molecule has 0 saturated carbocycles. The van der Waals surface area contributed by atoms with Gasteiger partial charge in [-0.3, -0.25) is 9.59 Å². The zero-order valence-electron chi connectivity index (χ0n) is 20.5. The molecule has 0 bridgehead atoms. The van der Waals surface area contributed by atoms with E-state index in [-0.39, 0.29) is 24.3 Å². The van der Waals surface area contributed by atoms with Gasteiger partial charge in [0.15, 0.2) is 5.54 Å². The van der Waals surface area contributed by atoms with Gasteiger partial charge in [-0.1, -0.05) is 36.4 Å². The van der Waals surface area contributed by atoms with E-state index in [0.29, 0.717) is 13.1 Å². The standard InChI is InChI=1S/C28H29N5O3/c1-28-26-25(20-9-3-5-10-22(20)30-26)21(19-8-4-6-11-23(19)36-2)16-33(28)24(34)17-32(27(28)35)14-7-13-31-15-12-29-18-31/h3-6,8-12,15,18,21,30H,7,13-14,16-17H2,1-2H3. The summed E-state index contributed by atoms with van der Waals surface area (Å²) in [5.74, 6) is 0.576. The topological polar surface area (TPSA) is 83.5 Å². The van der Waals surface area contributed by atoms with Gasteiger partial charge >= 0.3 is 0 Å². The van der Waals surface area contributed by atoms with Gasteiger partial charge in [0, 0.05) is 54.4 Å². The Kier molecular flexibility index (Phi) is 5.32. The minimum Gasteiger partial charge on any atom is -0.496 e. The van der Waals surface area contributed by atoms with Crippen molar-refractivity contribution in [3.63, 3.8) is 0 Å². The zero-order chi connectivity index (χ0) is 24.9. The average molecular weight is 484 g/mol. The van der Waals surface area contributed by atoms with Crippen molar-refractivity contribution < 1.29 is 14.3 Å². The lowest BCUT2D eigenvalue weighted by molar-refractivity contribution is -0.166. The number of aryl methyl sites for hydroxylation is 1. The average Bonchev–Trinajstić information content (AvgIpc) is 3.56. The van der Waals surface area contributed by atoms with Gasteiger partial charge in [-0.2, -0.15) is 0 Å². The summed E-state index contributed by atoms with van der Waals surface area (Å²) in [4.78, 5) is 38.8. The number of fused-ring (bicyclic) bond motifs is 5. The zero-order valence-corrected chi connectivity index (χ0v) is 20.5. The van der Waals surface area contributed by atoms with Gasteiger partial charge in [-0.05, 0) is 31.0 Å². The fourth-order valence-electron chi connectivity index (χ4n) is 5.95. The number of aromatic nitrogens is 3. The number of ether oxygens (including phenoxy) is 1. The third-order valence-corrected chi connectivity index (χ3v) is 7.74. The predicted molar refractivity (Wildman–Crippen MR) is 136 cm³/mol. The largest absolute Gasteiger partial charge is 0.496 e. The van der Waals surface area contributed by atoms with Crippen molar-refractivity contribution in [1.82, 2.24) is 24.3 Å². The van der Waals surface area contributed by atoms with E-state index in [1.54, 1.807) is 29.4 Å². The number of benzene rings is 2. The Balaban J connectivity index is 1.44. The van der Waals surface area contributed by atoms with E-state index in [4.69, 9.17) is 4.74 Å². The van der Waals surface area contributed by atoms with Crippen molar-refractivity contribution in [2.75, 3.05) is 26.7 Å². The molecule has 184 valence electrons. The van der Waals surface area contributed by atoms with E-state index in [9.17, 15) is 9.59 Å². The molecule has 2 aliphatic heterocycles. The molecular weight excluding hydrogens is 454 g/mol. The van der Waals surface area contributed by atoms with E-state index in [2.05, 4.69) is 22.1 Å². The first kappa shape index (κ1) is 22.4. The SMILES string of the molecule is COc1ccccc1C1CN2C(=O)CN(CCCn3ccnc3)C(=O)C2(C)c2[nH]c3ccccc3c21. The van der Waals surface area contributed by atoms with Crippen LogP contribution in [0, 0.1) is 0 Å². The number of methoxy groups -OCH3 is 1. The minimum absolute atomic E-state index is 0.0380. The quantitative estimate of drug-likeness (QED) is 0.455. The van der Waals surface area contributed by atoms with Crippen LogP contribution in [0.25, 0.3) is 10.9 Å². The molecular formula is C28H29N5O3. The van der Waals surface area contributed by atoms with Gasteiger partial charge in [0.25, 0.3) is 5.91 Å². The summed E-state index contributed by atoms with van der Waals surface area (Å²) in [7, 11) is 1.67. The molecule has 1 N–H and O–H groups in total. The van der Waals surface area contributed by atoms with Crippen molar-refractivity contribution in [3.05, 3.63) is 84.1 Å². The number of para-hydroxylation sites is 2. The summed E-state index contributed by atoms with van der Waals surface area (Å²) in [6.45, 7) is 3.65. The number of aromatic amines is 1. The van der Waals surface area contributed by atoms with Crippen LogP contribution in [-0.4, -0.2) is 62.9 Å². The monoisotopic (exact) mass is 483 g/mol. The van der Waals surface area contributed by atoms with Crippen molar-refractivity contribution >= 4 is 22.7 Å². The van der Waals surface area contributed by atoms with Crippen molar-refractivity contribution in [2.24, 2.45) is 0 Å². The number of piperazine rings is 1. The van der Waals surface area contributed by atoms with Crippen molar-refractivity contribution in [2.45, 2.75) is 31.3 Å². The maximum Gasteiger partial charge on any atom is 0.254 e. The van der Waals surface area contributed by atoms with E-state index >= 15 is 0 Å². The number of hydrogen-bond donors (Lipinski definition) is 1. The van der Waals surface area contributed by atoms with Gasteiger partial charge in [-0.25, -0.2) is 4.98 Å². The Hall–Kier alpha value is -4.07. The Labute approximate surface area is 209 Å². The number of nitrogens with zero attached hydrogens (tertiary/aromatic N) is 4. The molecule has 6 rings (SSSR count). The second kappa shape index (κ2) is 8.55. The Morgan fingerprint density at radius 2 is 1.92 bits per heavy atom. The molecule has 4 aromatic rings. The molecule has 1 fully saturated rings. The molecule has 2 atom stereocenters. The summed E-state index contributed by atoms with van der Waals surface area (Å²) >= 11 is 0. The summed E-state index contributed by atoms with van der Waals surface area (Å²) in [6.07, 6.45) is 6.16. The van der Waals surface area contributed by atoms with E-state index < -0.39 is 5.54 Å². The van der Waals surface area contributed by atoms with Crippen LogP contribution < -0.4 is 4.74 Å². The van der Waals surface area contributed by atoms with Crippen LogP contribution in [0.1, 0.15) is 36.1 Å². The number of carbonyl (C=O) groups is 2. The highest BCUT2D eigenvalue weighted by atomic mass is 16.5. The molecule has 1 saturated heterocycles. The summed E-state index contributed by atoms with van der Waals surface area (Å²) in [6, 6.07) is 16.1. The van der Waals surface area contributed by atoms with Gasteiger partial charge in [0.05, 0.1) is 25.7 Å². The molecule has 2 aliphatic rings. The minimum atomic E-state index is -1.10. The third kappa shape index (κ3) is 3.31. The van der Waals surface area contributed by atoms with Crippen LogP contribution >= 0.6 is 0 Å². The molecule has 8 nitrogen and oxygen atoms in total. The van der Waals surface area contributed by atoms with Gasteiger partial charge < -0.3 is 24.1 Å². The molecule has 2 aromatic heterocycles. The lowest BCUT2D eigenvalue weighted by atomic mass is 9.76. The van der Waals surface area contributed by atoms with Crippen LogP contribution in [0.15, 0.2) is 67.3 Å². The first-order valence-electron chi connectivity index (χ1n) is 12.3. The highest BCUT2D eigenvalue weighted by Gasteiger charge is 2.56. The first-order valence-corrected chi connectivity index (χ1v) is 12.3. The van der Waals surface area contributed by atoms with Crippen LogP contribution in [0.4, 0.5) is 0 Å². The maximum absolute atomic E-state index is 14.1. The molecule has 4 heterocycles. The van der Waals surface area contributed by atoms with Crippen molar-refractivity contribution in [3.8, 4) is 5.75 Å². The summed E-state index contributed by atoms with van der Waals surface area (Å²) < 4.78 is 7.69. The van der Waals surface area contributed by atoms with E-state index in [0.717, 1.165) is 46.4 Å². The third-order valence-electron chi connectivity index (χ3n) is 7.74. The van der Waals surface area contributed by atoms with Crippen LogP contribution in [-0.2, 0) is 21.7 Å². The maximum atomic E-state index is 14.1. The normalized spacial score (nSPS) is 21.6.